The van der Waals surface area contributed by atoms with Crippen molar-refractivity contribution in [3.05, 3.63) is 47.1 Å². The zero-order valence-electron chi connectivity index (χ0n) is 8.02. The topological polar surface area (TPSA) is 51.8 Å². The Bertz CT molecular complexity index is 436. The Balaban J connectivity index is 2.33. The maximum Gasteiger partial charge on any atom is 0.0929 e. The monoisotopic (exact) mass is 219 g/mol. The first-order valence-electron chi connectivity index (χ1n) is 4.58. The molecule has 2 rings (SSSR count). The van der Waals surface area contributed by atoms with E-state index in [1.54, 1.807) is 0 Å². The van der Waals surface area contributed by atoms with E-state index in [1.807, 2.05) is 36.4 Å². The van der Waals surface area contributed by atoms with Gasteiger partial charge < -0.3 is 5.73 Å². The third-order valence-electron chi connectivity index (χ3n) is 2.07. The Morgan fingerprint density at radius 3 is 2.27 bits per heavy atom. The van der Waals surface area contributed by atoms with Crippen LogP contribution in [0.15, 0.2) is 36.4 Å². The van der Waals surface area contributed by atoms with Crippen LogP contribution in [0, 0.1) is 0 Å². The van der Waals surface area contributed by atoms with Crippen molar-refractivity contribution in [1.29, 1.82) is 0 Å². The van der Waals surface area contributed by atoms with Crippen molar-refractivity contribution >= 4 is 11.6 Å². The molecule has 1 aromatic carbocycles. The number of hydrogen-bond acceptors (Lipinski definition) is 3. The van der Waals surface area contributed by atoms with Crippen molar-refractivity contribution in [2.75, 3.05) is 0 Å². The van der Waals surface area contributed by atoms with Gasteiger partial charge in [-0.2, -0.15) is 10.2 Å². The van der Waals surface area contributed by atoms with Gasteiger partial charge in [-0.1, -0.05) is 23.7 Å². The van der Waals surface area contributed by atoms with Crippen LogP contribution in [0.2, 0.25) is 5.02 Å². The number of rotatable bonds is 2. The van der Waals surface area contributed by atoms with Gasteiger partial charge in [0.15, 0.2) is 0 Å². The van der Waals surface area contributed by atoms with Gasteiger partial charge in [0, 0.05) is 17.1 Å². The predicted molar refractivity (Wildman–Crippen MR) is 60.4 cm³/mol. The minimum absolute atomic E-state index is 0.411. The molecule has 0 spiro atoms. The number of halogens is 1. The highest BCUT2D eigenvalue weighted by molar-refractivity contribution is 6.30. The van der Waals surface area contributed by atoms with Crippen LogP contribution in [0.1, 0.15) is 5.69 Å². The van der Waals surface area contributed by atoms with Crippen LogP contribution >= 0.6 is 11.6 Å². The fourth-order valence-corrected chi connectivity index (χ4v) is 1.37. The Kier molecular flexibility index (Phi) is 2.94. The van der Waals surface area contributed by atoms with Gasteiger partial charge in [0.1, 0.15) is 0 Å². The predicted octanol–water partition coefficient (Wildman–Crippen LogP) is 2.26. The van der Waals surface area contributed by atoms with Gasteiger partial charge in [-0.05, 0) is 24.3 Å². The number of hydrogen-bond donors (Lipinski definition) is 1. The minimum Gasteiger partial charge on any atom is -0.325 e. The molecule has 1 heterocycles. The first kappa shape index (κ1) is 10.1. The molecule has 0 unspecified atom stereocenters. The van der Waals surface area contributed by atoms with Crippen molar-refractivity contribution < 1.29 is 0 Å². The summed E-state index contributed by atoms with van der Waals surface area (Å²) in [5.74, 6) is 0. The zero-order valence-corrected chi connectivity index (χ0v) is 8.78. The molecule has 0 fully saturated rings. The summed E-state index contributed by atoms with van der Waals surface area (Å²) >= 11 is 5.79. The second kappa shape index (κ2) is 4.38. The molecule has 15 heavy (non-hydrogen) atoms. The van der Waals surface area contributed by atoms with Crippen LogP contribution < -0.4 is 5.73 Å². The summed E-state index contributed by atoms with van der Waals surface area (Å²) in [5, 5.41) is 8.78. The van der Waals surface area contributed by atoms with Crippen LogP contribution in [-0.4, -0.2) is 10.2 Å². The third-order valence-corrected chi connectivity index (χ3v) is 2.32. The van der Waals surface area contributed by atoms with Crippen LogP contribution in [0.5, 0.6) is 0 Å². The highest BCUT2D eigenvalue weighted by Gasteiger charge is 1.99. The van der Waals surface area contributed by atoms with Gasteiger partial charge in [0.25, 0.3) is 0 Å². The summed E-state index contributed by atoms with van der Waals surface area (Å²) < 4.78 is 0. The Morgan fingerprint density at radius 1 is 1.00 bits per heavy atom. The molecule has 0 atom stereocenters. The second-order valence-corrected chi connectivity index (χ2v) is 3.56. The van der Waals surface area contributed by atoms with E-state index in [1.165, 1.54) is 0 Å². The summed E-state index contributed by atoms with van der Waals surface area (Å²) in [5.41, 5.74) is 8.04. The lowest BCUT2D eigenvalue weighted by atomic mass is 10.1. The molecule has 0 saturated carbocycles. The average molecular weight is 220 g/mol. The van der Waals surface area contributed by atoms with Gasteiger partial charge in [-0.25, -0.2) is 0 Å². The van der Waals surface area contributed by atoms with Crippen molar-refractivity contribution in [3.63, 3.8) is 0 Å². The third kappa shape index (κ3) is 2.32. The SMILES string of the molecule is NCc1ccc(-c2ccc(Cl)cc2)nn1. The standard InChI is InChI=1S/C11H10ClN3/c12-9-3-1-8(2-4-9)11-6-5-10(7-13)14-15-11/h1-6H,7,13H2. The lowest BCUT2D eigenvalue weighted by molar-refractivity contribution is 0.902. The normalized spacial score (nSPS) is 10.3. The van der Waals surface area contributed by atoms with Crippen molar-refractivity contribution in [2.45, 2.75) is 6.54 Å². The quantitative estimate of drug-likeness (QED) is 0.843. The molecule has 0 aliphatic rings. The van der Waals surface area contributed by atoms with Crippen LogP contribution in [0.4, 0.5) is 0 Å². The molecule has 3 nitrogen and oxygen atoms in total. The summed E-state index contributed by atoms with van der Waals surface area (Å²) in [6, 6.07) is 11.3. The number of benzene rings is 1. The zero-order chi connectivity index (χ0) is 10.7. The molecule has 76 valence electrons. The number of nitrogens with two attached hydrogens (primary N) is 1. The van der Waals surface area contributed by atoms with Gasteiger partial charge in [0.05, 0.1) is 11.4 Å². The lowest BCUT2D eigenvalue weighted by Crippen LogP contribution is -2.01. The highest BCUT2D eigenvalue weighted by Crippen LogP contribution is 2.18. The summed E-state index contributed by atoms with van der Waals surface area (Å²) in [6.45, 7) is 0.411. The largest absolute Gasteiger partial charge is 0.325 e. The van der Waals surface area contributed by atoms with E-state index in [-0.39, 0.29) is 0 Å². The maximum absolute atomic E-state index is 5.79. The van der Waals surface area contributed by atoms with Gasteiger partial charge in [-0.3, -0.25) is 0 Å². The first-order chi connectivity index (χ1) is 7.29. The van der Waals surface area contributed by atoms with Gasteiger partial charge in [-0.15, -0.1) is 0 Å². The van der Waals surface area contributed by atoms with E-state index in [2.05, 4.69) is 10.2 Å². The average Bonchev–Trinajstić information content (AvgIpc) is 2.30. The summed E-state index contributed by atoms with van der Waals surface area (Å²) in [6.07, 6.45) is 0. The van der Waals surface area contributed by atoms with E-state index < -0.39 is 0 Å². The molecule has 1 aromatic heterocycles. The fourth-order valence-electron chi connectivity index (χ4n) is 1.24. The number of aromatic nitrogens is 2. The Labute approximate surface area is 92.9 Å². The smallest absolute Gasteiger partial charge is 0.0929 e. The van der Waals surface area contributed by atoms with E-state index in [9.17, 15) is 0 Å². The molecule has 0 saturated heterocycles. The maximum atomic E-state index is 5.79. The molecule has 0 aliphatic heterocycles. The van der Waals surface area contributed by atoms with Crippen LogP contribution in [0.25, 0.3) is 11.3 Å². The Hall–Kier alpha value is -1.45. The van der Waals surface area contributed by atoms with E-state index in [4.69, 9.17) is 17.3 Å². The molecule has 2 N–H and O–H groups in total. The van der Waals surface area contributed by atoms with Crippen LogP contribution in [-0.2, 0) is 6.54 Å². The fraction of sp³-hybridized carbons (Fsp3) is 0.0909. The highest BCUT2D eigenvalue weighted by atomic mass is 35.5. The van der Waals surface area contributed by atoms with E-state index in [0.717, 1.165) is 17.0 Å². The van der Waals surface area contributed by atoms with Crippen molar-refractivity contribution in [2.24, 2.45) is 5.73 Å². The van der Waals surface area contributed by atoms with E-state index in [0.29, 0.717) is 11.6 Å². The van der Waals surface area contributed by atoms with Gasteiger partial charge >= 0.3 is 0 Å². The first-order valence-corrected chi connectivity index (χ1v) is 4.96. The van der Waals surface area contributed by atoms with E-state index >= 15 is 0 Å². The molecule has 4 heteroatoms. The molecule has 0 amide bonds. The molecular formula is C11H10ClN3. The minimum atomic E-state index is 0.411. The molecule has 0 aliphatic carbocycles. The second-order valence-electron chi connectivity index (χ2n) is 3.12. The molecular weight excluding hydrogens is 210 g/mol. The van der Waals surface area contributed by atoms with Crippen molar-refractivity contribution in [3.8, 4) is 11.3 Å². The lowest BCUT2D eigenvalue weighted by Gasteiger charge is -2.00. The van der Waals surface area contributed by atoms with Crippen molar-refractivity contribution in [1.82, 2.24) is 10.2 Å². The molecule has 0 radical (unpaired) electrons. The Morgan fingerprint density at radius 2 is 1.73 bits per heavy atom. The van der Waals surface area contributed by atoms with Crippen LogP contribution in [0.3, 0.4) is 0 Å². The summed E-state index contributed by atoms with van der Waals surface area (Å²) in [7, 11) is 0. The van der Waals surface area contributed by atoms with Gasteiger partial charge in [0.2, 0.25) is 0 Å². The molecule has 0 bridgehead atoms. The summed E-state index contributed by atoms with van der Waals surface area (Å²) in [4.78, 5) is 0. The number of nitrogens with zero attached hydrogens (tertiary/aromatic N) is 2. The molecule has 2 aromatic rings.